The Labute approximate surface area is 117 Å². The highest BCUT2D eigenvalue weighted by Gasteiger charge is 2.29. The molecule has 2 atom stereocenters. The van der Waals surface area contributed by atoms with Crippen LogP contribution >= 0.6 is 0 Å². The summed E-state index contributed by atoms with van der Waals surface area (Å²) in [6.07, 6.45) is 7.90. The van der Waals surface area contributed by atoms with Gasteiger partial charge in [0.2, 0.25) is 0 Å². The molecule has 2 saturated carbocycles. The molecular weight excluding hydrogens is 260 g/mol. The van der Waals surface area contributed by atoms with E-state index in [-0.39, 0.29) is 5.25 Å². The van der Waals surface area contributed by atoms with Crippen molar-refractivity contribution in [1.29, 1.82) is 0 Å². The van der Waals surface area contributed by atoms with Gasteiger partial charge in [-0.2, -0.15) is 0 Å². The molecule has 0 amide bonds. The van der Waals surface area contributed by atoms with Gasteiger partial charge in [-0.1, -0.05) is 13.3 Å². The molecule has 2 aliphatic carbocycles. The highest BCUT2D eigenvalue weighted by atomic mass is 32.2. The van der Waals surface area contributed by atoms with E-state index >= 15 is 0 Å². The van der Waals surface area contributed by atoms with Crippen molar-refractivity contribution in [1.82, 2.24) is 10.2 Å². The number of nitrogens with zero attached hydrogens (tertiary/aromatic N) is 1. The van der Waals surface area contributed by atoms with Crippen LogP contribution in [-0.4, -0.2) is 56.5 Å². The molecule has 2 aliphatic rings. The SMILES string of the molecule is CCN(CCNC1CCCC(S(C)(=O)=O)C1)C1CC1. The maximum Gasteiger partial charge on any atom is 0.150 e. The number of likely N-dealkylation sites (N-methyl/N-ethyl adjacent to an activating group) is 1. The molecule has 4 nitrogen and oxygen atoms in total. The molecule has 0 aromatic rings. The van der Waals surface area contributed by atoms with Crippen LogP contribution in [0.2, 0.25) is 0 Å². The number of hydrogen-bond donors (Lipinski definition) is 1. The molecule has 0 radical (unpaired) electrons. The molecule has 2 unspecified atom stereocenters. The third-order valence-electron chi connectivity index (χ3n) is 4.53. The molecule has 112 valence electrons. The summed E-state index contributed by atoms with van der Waals surface area (Å²) >= 11 is 0. The predicted molar refractivity (Wildman–Crippen MR) is 79.2 cm³/mol. The van der Waals surface area contributed by atoms with Gasteiger partial charge < -0.3 is 5.32 Å². The number of rotatable bonds is 7. The van der Waals surface area contributed by atoms with Crippen molar-refractivity contribution in [2.24, 2.45) is 0 Å². The van der Waals surface area contributed by atoms with Gasteiger partial charge in [0.1, 0.15) is 9.84 Å². The Morgan fingerprint density at radius 3 is 2.53 bits per heavy atom. The lowest BCUT2D eigenvalue weighted by Crippen LogP contribution is -2.42. The van der Waals surface area contributed by atoms with Crippen LogP contribution in [-0.2, 0) is 9.84 Å². The van der Waals surface area contributed by atoms with Crippen LogP contribution in [0.5, 0.6) is 0 Å². The zero-order chi connectivity index (χ0) is 13.9. The van der Waals surface area contributed by atoms with Crippen LogP contribution in [0.15, 0.2) is 0 Å². The van der Waals surface area contributed by atoms with Gasteiger partial charge in [0, 0.05) is 31.4 Å². The Morgan fingerprint density at radius 2 is 1.95 bits per heavy atom. The van der Waals surface area contributed by atoms with Gasteiger partial charge in [0.05, 0.1) is 5.25 Å². The first-order chi connectivity index (χ1) is 9.00. The summed E-state index contributed by atoms with van der Waals surface area (Å²) in [7, 11) is -2.86. The van der Waals surface area contributed by atoms with Gasteiger partial charge in [-0.3, -0.25) is 4.90 Å². The Morgan fingerprint density at radius 1 is 1.21 bits per heavy atom. The van der Waals surface area contributed by atoms with Gasteiger partial charge in [-0.25, -0.2) is 8.42 Å². The lowest BCUT2D eigenvalue weighted by atomic mass is 9.95. The summed E-state index contributed by atoms with van der Waals surface area (Å²) in [6, 6.07) is 1.22. The lowest BCUT2D eigenvalue weighted by Gasteiger charge is -2.29. The van der Waals surface area contributed by atoms with Crippen LogP contribution < -0.4 is 5.32 Å². The number of hydrogen-bond acceptors (Lipinski definition) is 4. The highest BCUT2D eigenvalue weighted by molar-refractivity contribution is 7.91. The molecular formula is C14H28N2O2S. The molecule has 5 heteroatoms. The van der Waals surface area contributed by atoms with Crippen molar-refractivity contribution >= 4 is 9.84 Å². The van der Waals surface area contributed by atoms with Crippen molar-refractivity contribution in [3.63, 3.8) is 0 Å². The van der Waals surface area contributed by atoms with Crippen LogP contribution in [0.3, 0.4) is 0 Å². The monoisotopic (exact) mass is 288 g/mol. The van der Waals surface area contributed by atoms with E-state index in [0.29, 0.717) is 6.04 Å². The molecule has 0 aliphatic heterocycles. The van der Waals surface area contributed by atoms with E-state index in [2.05, 4.69) is 17.1 Å². The molecule has 2 rings (SSSR count). The van der Waals surface area contributed by atoms with Gasteiger partial charge in [-0.05, 0) is 38.6 Å². The van der Waals surface area contributed by atoms with E-state index in [1.807, 2.05) is 0 Å². The van der Waals surface area contributed by atoms with Crippen molar-refractivity contribution in [3.05, 3.63) is 0 Å². The zero-order valence-corrected chi connectivity index (χ0v) is 13.1. The second-order valence-corrected chi connectivity index (χ2v) is 8.45. The van der Waals surface area contributed by atoms with Gasteiger partial charge in [-0.15, -0.1) is 0 Å². The van der Waals surface area contributed by atoms with Gasteiger partial charge in [0.15, 0.2) is 0 Å². The molecule has 1 N–H and O–H groups in total. The average molecular weight is 288 g/mol. The quantitative estimate of drug-likeness (QED) is 0.770. The van der Waals surface area contributed by atoms with E-state index < -0.39 is 9.84 Å². The third-order valence-corrected chi connectivity index (χ3v) is 6.17. The van der Waals surface area contributed by atoms with E-state index in [0.717, 1.165) is 51.4 Å². The fourth-order valence-electron chi connectivity index (χ4n) is 3.17. The smallest absolute Gasteiger partial charge is 0.150 e. The standard InChI is InChI=1S/C14H28N2O2S/c1-3-16(13-7-8-13)10-9-15-12-5-4-6-14(11-12)19(2,17)18/h12-15H,3-11H2,1-2H3. The first kappa shape index (κ1) is 15.3. The molecule has 0 aromatic heterocycles. The van der Waals surface area contributed by atoms with E-state index in [1.54, 1.807) is 0 Å². The number of nitrogens with one attached hydrogen (secondary N) is 1. The maximum absolute atomic E-state index is 11.6. The Balaban J connectivity index is 1.70. The van der Waals surface area contributed by atoms with Crippen LogP contribution in [0, 0.1) is 0 Å². The van der Waals surface area contributed by atoms with Crippen molar-refractivity contribution in [3.8, 4) is 0 Å². The summed E-state index contributed by atoms with van der Waals surface area (Å²) in [4.78, 5) is 2.53. The summed E-state index contributed by atoms with van der Waals surface area (Å²) < 4.78 is 23.2. The van der Waals surface area contributed by atoms with Gasteiger partial charge >= 0.3 is 0 Å². The van der Waals surface area contributed by atoms with E-state index in [9.17, 15) is 8.42 Å². The Hall–Kier alpha value is -0.130. The summed E-state index contributed by atoms with van der Waals surface area (Å²) in [5.41, 5.74) is 0. The van der Waals surface area contributed by atoms with Crippen molar-refractivity contribution in [2.75, 3.05) is 25.9 Å². The minimum absolute atomic E-state index is 0.121. The highest BCUT2D eigenvalue weighted by Crippen LogP contribution is 2.26. The maximum atomic E-state index is 11.6. The topological polar surface area (TPSA) is 49.4 Å². The minimum Gasteiger partial charge on any atom is -0.313 e. The molecule has 19 heavy (non-hydrogen) atoms. The van der Waals surface area contributed by atoms with E-state index in [4.69, 9.17) is 0 Å². The largest absolute Gasteiger partial charge is 0.313 e. The molecule has 0 heterocycles. The van der Waals surface area contributed by atoms with Crippen molar-refractivity contribution in [2.45, 2.75) is 62.8 Å². The summed E-state index contributed by atoms with van der Waals surface area (Å²) in [6.45, 7) is 5.44. The average Bonchev–Trinajstić information content (AvgIpc) is 3.18. The fourth-order valence-corrected chi connectivity index (χ4v) is 4.35. The van der Waals surface area contributed by atoms with Crippen molar-refractivity contribution < 1.29 is 8.42 Å². The minimum atomic E-state index is -2.86. The summed E-state index contributed by atoms with van der Waals surface area (Å²) in [5.74, 6) is 0. The zero-order valence-electron chi connectivity index (χ0n) is 12.3. The second kappa shape index (κ2) is 6.55. The van der Waals surface area contributed by atoms with E-state index in [1.165, 1.54) is 19.1 Å². The van der Waals surface area contributed by atoms with Crippen LogP contribution in [0.1, 0.15) is 45.4 Å². The lowest BCUT2D eigenvalue weighted by molar-refractivity contribution is 0.264. The second-order valence-electron chi connectivity index (χ2n) is 6.13. The molecule has 0 bridgehead atoms. The first-order valence-corrected chi connectivity index (χ1v) is 9.62. The fraction of sp³-hybridized carbons (Fsp3) is 1.00. The molecule has 0 saturated heterocycles. The molecule has 0 aromatic carbocycles. The Bertz CT molecular complexity index is 379. The molecule has 0 spiro atoms. The summed E-state index contributed by atoms with van der Waals surface area (Å²) in [5, 5.41) is 3.44. The third kappa shape index (κ3) is 4.72. The Kier molecular flexibility index (Phi) is 5.26. The number of sulfone groups is 1. The predicted octanol–water partition coefficient (Wildman–Crippen LogP) is 1.42. The van der Waals surface area contributed by atoms with Gasteiger partial charge in [0.25, 0.3) is 0 Å². The van der Waals surface area contributed by atoms with Crippen LogP contribution in [0.25, 0.3) is 0 Å². The normalized spacial score (nSPS) is 28.8. The first-order valence-electron chi connectivity index (χ1n) is 7.67. The van der Waals surface area contributed by atoms with Crippen LogP contribution in [0.4, 0.5) is 0 Å². The molecule has 2 fully saturated rings.